The van der Waals surface area contributed by atoms with Gasteiger partial charge in [0.25, 0.3) is 17.4 Å². The van der Waals surface area contributed by atoms with Crippen molar-refractivity contribution in [2.24, 2.45) is 0 Å². The first-order chi connectivity index (χ1) is 12.1. The first-order valence-electron chi connectivity index (χ1n) is 7.11. The Kier molecular flexibility index (Phi) is 4.61. The molecule has 25 heavy (non-hydrogen) atoms. The minimum Gasteiger partial charge on any atom is -0.477 e. The quantitative estimate of drug-likeness (QED) is 0.468. The second-order valence-corrected chi connectivity index (χ2v) is 4.91. The van der Waals surface area contributed by atoms with Gasteiger partial charge in [-0.1, -0.05) is 0 Å². The van der Waals surface area contributed by atoms with E-state index in [2.05, 4.69) is 30.8 Å². The molecule has 0 bridgehead atoms. The maximum absolute atomic E-state index is 11.2. The van der Waals surface area contributed by atoms with Gasteiger partial charge in [-0.15, -0.1) is 5.10 Å². The smallest absolute Gasteiger partial charge is 0.278 e. The molecule has 3 rings (SSSR count). The molecule has 12 heteroatoms. The van der Waals surface area contributed by atoms with Crippen LogP contribution in [0.25, 0.3) is 11.0 Å². The maximum atomic E-state index is 11.2. The van der Waals surface area contributed by atoms with Gasteiger partial charge in [0.05, 0.1) is 31.3 Å². The Hall–Kier alpha value is -3.41. The number of nitrogens with zero attached hydrogens (tertiary/aromatic N) is 7. The fourth-order valence-electron chi connectivity index (χ4n) is 2.25. The highest BCUT2D eigenvalue weighted by molar-refractivity contribution is 5.82. The normalized spacial score (nSPS) is 10.8. The van der Waals surface area contributed by atoms with Crippen molar-refractivity contribution in [2.75, 3.05) is 14.2 Å². The van der Waals surface area contributed by atoms with Crippen LogP contribution in [0.5, 0.6) is 11.8 Å². The zero-order chi connectivity index (χ0) is 17.8. The maximum Gasteiger partial charge on any atom is 0.278 e. The molecule has 0 aliphatic rings. The van der Waals surface area contributed by atoms with Crippen LogP contribution in [0.1, 0.15) is 5.56 Å². The Morgan fingerprint density at radius 2 is 2.00 bits per heavy atom. The van der Waals surface area contributed by atoms with Crippen molar-refractivity contribution < 1.29 is 14.4 Å². The lowest BCUT2D eigenvalue weighted by Crippen LogP contribution is -2.19. The molecule has 0 atom stereocenters. The summed E-state index contributed by atoms with van der Waals surface area (Å²) >= 11 is 0. The summed E-state index contributed by atoms with van der Waals surface area (Å²) in [7, 11) is 2.86. The molecule has 3 aromatic rings. The topological polar surface area (TPSA) is 143 Å². The molecule has 0 saturated heterocycles. The number of ether oxygens (including phenoxy) is 2. The molecule has 0 saturated carbocycles. The van der Waals surface area contributed by atoms with Gasteiger partial charge in [-0.25, -0.2) is 14.6 Å². The van der Waals surface area contributed by atoms with E-state index in [9.17, 15) is 10.1 Å². The number of nitrogens with one attached hydrogen (secondary N) is 1. The van der Waals surface area contributed by atoms with Gasteiger partial charge in [0.15, 0.2) is 0 Å². The van der Waals surface area contributed by atoms with Gasteiger partial charge in [0, 0.05) is 24.2 Å². The van der Waals surface area contributed by atoms with Gasteiger partial charge in [0.1, 0.15) is 11.8 Å². The van der Waals surface area contributed by atoms with Crippen molar-refractivity contribution in [3.63, 3.8) is 0 Å². The number of fused-ring (bicyclic) bond motifs is 1. The van der Waals surface area contributed by atoms with Crippen molar-refractivity contribution in [1.82, 2.24) is 35.5 Å². The number of hydrogen-bond donors (Lipinski definition) is 1. The second kappa shape index (κ2) is 7.00. The minimum absolute atomic E-state index is 0.0896. The van der Waals surface area contributed by atoms with Crippen LogP contribution in [0.3, 0.4) is 0 Å². The standard InChI is InChI=1S/C13H14N8O4/c1-24-12-13(25-2)17-11-8(5-14-6-20-7-15-18-19-20)3-9(21(22)23)4-10(11)16-12/h3-4,7,14H,5-6H2,1-2H3. The molecule has 0 fully saturated rings. The van der Waals surface area contributed by atoms with Gasteiger partial charge < -0.3 is 9.47 Å². The monoisotopic (exact) mass is 346 g/mol. The highest BCUT2D eigenvalue weighted by atomic mass is 16.6. The average Bonchev–Trinajstić information content (AvgIpc) is 3.13. The van der Waals surface area contributed by atoms with E-state index >= 15 is 0 Å². The van der Waals surface area contributed by atoms with Crippen LogP contribution in [0.15, 0.2) is 18.5 Å². The van der Waals surface area contributed by atoms with E-state index in [-0.39, 0.29) is 17.4 Å². The van der Waals surface area contributed by atoms with Gasteiger partial charge in [0.2, 0.25) is 0 Å². The molecule has 0 amide bonds. The van der Waals surface area contributed by atoms with E-state index in [1.165, 1.54) is 37.4 Å². The number of non-ortho nitro benzene ring substituents is 1. The molecule has 130 valence electrons. The zero-order valence-corrected chi connectivity index (χ0v) is 13.4. The summed E-state index contributed by atoms with van der Waals surface area (Å²) in [5.41, 5.74) is 1.32. The van der Waals surface area contributed by atoms with Gasteiger partial charge in [-0.05, 0) is 10.4 Å². The first kappa shape index (κ1) is 16.4. The Balaban J connectivity index is 1.99. The SMILES string of the molecule is COc1nc2cc([N+](=O)[O-])cc(CNCn3cnnn3)c2nc1OC. The third-order valence-electron chi connectivity index (χ3n) is 3.35. The molecule has 12 nitrogen and oxygen atoms in total. The van der Waals surface area contributed by atoms with Crippen molar-refractivity contribution in [3.05, 3.63) is 34.1 Å². The van der Waals surface area contributed by atoms with Crippen LogP contribution in [0.2, 0.25) is 0 Å². The molecular weight excluding hydrogens is 332 g/mol. The summed E-state index contributed by atoms with van der Waals surface area (Å²) in [6.45, 7) is 0.625. The molecule has 0 aliphatic carbocycles. The van der Waals surface area contributed by atoms with Crippen molar-refractivity contribution in [1.29, 1.82) is 0 Å². The zero-order valence-electron chi connectivity index (χ0n) is 13.4. The first-order valence-corrected chi connectivity index (χ1v) is 7.11. The van der Waals surface area contributed by atoms with E-state index in [0.29, 0.717) is 29.8 Å². The van der Waals surface area contributed by atoms with Crippen LogP contribution in [-0.4, -0.2) is 49.3 Å². The molecule has 0 aliphatic heterocycles. The van der Waals surface area contributed by atoms with Crippen molar-refractivity contribution >= 4 is 16.7 Å². The number of aromatic nitrogens is 6. The number of rotatable bonds is 7. The van der Waals surface area contributed by atoms with Gasteiger partial charge in [-0.2, -0.15) is 0 Å². The van der Waals surface area contributed by atoms with E-state index in [1.807, 2.05) is 0 Å². The third kappa shape index (κ3) is 3.42. The fourth-order valence-corrected chi connectivity index (χ4v) is 2.25. The van der Waals surface area contributed by atoms with Crippen molar-refractivity contribution in [3.8, 4) is 11.8 Å². The Labute approximate surface area is 140 Å². The van der Waals surface area contributed by atoms with E-state index in [4.69, 9.17) is 9.47 Å². The number of benzene rings is 1. The lowest BCUT2D eigenvalue weighted by molar-refractivity contribution is -0.384. The third-order valence-corrected chi connectivity index (χ3v) is 3.35. The number of hydrogen-bond acceptors (Lipinski definition) is 10. The van der Waals surface area contributed by atoms with Gasteiger partial charge >= 0.3 is 0 Å². The number of nitro groups is 1. The summed E-state index contributed by atoms with van der Waals surface area (Å²) in [6.07, 6.45) is 1.45. The van der Waals surface area contributed by atoms with Crippen LogP contribution in [0.4, 0.5) is 5.69 Å². The summed E-state index contributed by atoms with van der Waals surface area (Å²) in [6, 6.07) is 2.78. The second-order valence-electron chi connectivity index (χ2n) is 4.91. The summed E-state index contributed by atoms with van der Waals surface area (Å²) < 4.78 is 11.7. The Morgan fingerprint density at radius 1 is 1.24 bits per heavy atom. The molecule has 0 radical (unpaired) electrons. The van der Waals surface area contributed by atoms with Crippen molar-refractivity contribution in [2.45, 2.75) is 13.2 Å². The largest absolute Gasteiger partial charge is 0.477 e. The summed E-state index contributed by atoms with van der Waals surface area (Å²) in [4.78, 5) is 19.3. The lowest BCUT2D eigenvalue weighted by atomic mass is 10.1. The van der Waals surface area contributed by atoms with Crippen LogP contribution in [-0.2, 0) is 13.2 Å². The number of tetrazole rings is 1. The van der Waals surface area contributed by atoms with E-state index in [1.54, 1.807) is 0 Å². The van der Waals surface area contributed by atoms with Crippen LogP contribution in [0, 0.1) is 10.1 Å². The van der Waals surface area contributed by atoms with E-state index in [0.717, 1.165) is 0 Å². The number of nitro benzene ring substituents is 1. The Bertz CT molecular complexity index is 899. The van der Waals surface area contributed by atoms with Crippen LogP contribution >= 0.6 is 0 Å². The number of methoxy groups -OCH3 is 2. The molecule has 0 spiro atoms. The Morgan fingerprint density at radius 3 is 2.64 bits per heavy atom. The van der Waals surface area contributed by atoms with E-state index < -0.39 is 4.92 Å². The molecular formula is C13H14N8O4. The summed E-state index contributed by atoms with van der Waals surface area (Å²) in [5, 5.41) is 25.1. The predicted molar refractivity (Wildman–Crippen MR) is 84.0 cm³/mol. The van der Waals surface area contributed by atoms with Crippen LogP contribution < -0.4 is 14.8 Å². The summed E-state index contributed by atoms with van der Waals surface area (Å²) in [5.74, 6) is 0.355. The molecule has 1 N–H and O–H groups in total. The minimum atomic E-state index is -0.483. The molecule has 0 unspecified atom stereocenters. The molecule has 2 heterocycles. The highest BCUT2D eigenvalue weighted by Crippen LogP contribution is 2.29. The molecule has 2 aromatic heterocycles. The fraction of sp³-hybridized carbons (Fsp3) is 0.308. The lowest BCUT2D eigenvalue weighted by Gasteiger charge is -2.10. The predicted octanol–water partition coefficient (Wildman–Crippen LogP) is 0.289. The molecule has 1 aromatic carbocycles. The average molecular weight is 346 g/mol. The van der Waals surface area contributed by atoms with Gasteiger partial charge in [-0.3, -0.25) is 15.4 Å². The highest BCUT2D eigenvalue weighted by Gasteiger charge is 2.17.